The van der Waals surface area contributed by atoms with Crippen LogP contribution in [0.1, 0.15) is 23.2 Å². The summed E-state index contributed by atoms with van der Waals surface area (Å²) in [6.45, 7) is 0.566. The summed E-state index contributed by atoms with van der Waals surface area (Å²) in [7, 11) is -5.44. The minimum Gasteiger partial charge on any atom is -0.382 e. The van der Waals surface area contributed by atoms with Crippen LogP contribution in [-0.2, 0) is 14.6 Å². The van der Waals surface area contributed by atoms with Crippen LogP contribution in [0.4, 0.5) is 18.9 Å². The molecule has 11 heteroatoms. The monoisotopic (exact) mass is 479 g/mol. The van der Waals surface area contributed by atoms with Crippen molar-refractivity contribution >= 4 is 38.1 Å². The third-order valence-corrected chi connectivity index (χ3v) is 7.11. The molecule has 1 fully saturated rings. The van der Waals surface area contributed by atoms with Crippen LogP contribution in [0.5, 0.6) is 0 Å². The maximum atomic E-state index is 12.8. The number of nitrogens with one attached hydrogen (secondary N) is 2. The molecule has 0 atom stereocenters. The molecule has 7 nitrogen and oxygen atoms in total. The van der Waals surface area contributed by atoms with Gasteiger partial charge in [-0.25, -0.2) is 8.42 Å². The number of hydrogen-bond donors (Lipinski definition) is 2. The number of ketones is 1. The normalized spacial score (nSPS) is 15.5. The van der Waals surface area contributed by atoms with E-state index in [1.807, 2.05) is 12.1 Å². The van der Waals surface area contributed by atoms with Gasteiger partial charge in [0, 0.05) is 41.9 Å². The van der Waals surface area contributed by atoms with Crippen LogP contribution in [0, 0.1) is 0 Å². The summed E-state index contributed by atoms with van der Waals surface area (Å²) in [6.07, 6.45) is 2.41. The number of Topliss-reactive ketones (excluding diaryl/α,β-unsaturated/α-hetero) is 1. The second-order valence-electron chi connectivity index (χ2n) is 7.76. The minimum atomic E-state index is -5.44. The number of fused-ring (bicyclic) bond motifs is 1. The number of para-hydroxylation sites is 1. The first-order chi connectivity index (χ1) is 15.6. The topological polar surface area (TPSA) is 99.3 Å². The summed E-state index contributed by atoms with van der Waals surface area (Å²) in [4.78, 5) is 29.0. The number of alkyl halides is 3. The molecule has 1 aliphatic heterocycles. The lowest BCUT2D eigenvalue weighted by Crippen LogP contribution is -2.45. The summed E-state index contributed by atoms with van der Waals surface area (Å²) in [6, 6.07) is 11.5. The molecule has 4 rings (SSSR count). The van der Waals surface area contributed by atoms with Crippen LogP contribution in [0.15, 0.2) is 59.6 Å². The van der Waals surface area contributed by atoms with Crippen molar-refractivity contribution in [2.24, 2.45) is 0 Å². The van der Waals surface area contributed by atoms with Gasteiger partial charge in [0.25, 0.3) is 21.5 Å². The van der Waals surface area contributed by atoms with Crippen molar-refractivity contribution in [3.05, 3.63) is 60.3 Å². The number of anilines is 1. The average Bonchev–Trinajstić information content (AvgIpc) is 3.22. The minimum absolute atomic E-state index is 0.193. The van der Waals surface area contributed by atoms with E-state index in [1.54, 1.807) is 12.1 Å². The van der Waals surface area contributed by atoms with Gasteiger partial charge in [0.15, 0.2) is 0 Å². The largest absolute Gasteiger partial charge is 0.501 e. The second kappa shape index (κ2) is 8.54. The van der Waals surface area contributed by atoms with Gasteiger partial charge >= 0.3 is 5.51 Å². The number of amides is 1. The second-order valence-corrected chi connectivity index (χ2v) is 9.71. The molecule has 1 aliphatic rings. The number of sulfone groups is 1. The van der Waals surface area contributed by atoms with Crippen molar-refractivity contribution in [1.82, 2.24) is 9.88 Å². The summed E-state index contributed by atoms with van der Waals surface area (Å²) in [5.74, 6) is -1.22. The molecule has 0 saturated carbocycles. The van der Waals surface area contributed by atoms with E-state index >= 15 is 0 Å². The first-order valence-corrected chi connectivity index (χ1v) is 11.6. The Balaban J connectivity index is 1.39. The fraction of sp³-hybridized carbons (Fsp3) is 0.273. The van der Waals surface area contributed by atoms with E-state index in [1.165, 1.54) is 23.2 Å². The Labute approximate surface area is 187 Å². The van der Waals surface area contributed by atoms with E-state index in [4.69, 9.17) is 0 Å². The maximum Gasteiger partial charge on any atom is 0.501 e. The van der Waals surface area contributed by atoms with Gasteiger partial charge in [-0.3, -0.25) is 9.59 Å². The number of H-pyrrole nitrogens is 1. The molecule has 1 amide bonds. The average molecular weight is 479 g/mol. The summed E-state index contributed by atoms with van der Waals surface area (Å²) < 4.78 is 61.7. The zero-order valence-corrected chi connectivity index (χ0v) is 18.0. The Morgan fingerprint density at radius 3 is 2.42 bits per heavy atom. The number of likely N-dealkylation sites (tertiary alicyclic amines) is 1. The first kappa shape index (κ1) is 22.8. The molecule has 2 aromatic carbocycles. The van der Waals surface area contributed by atoms with E-state index in [9.17, 15) is 31.2 Å². The van der Waals surface area contributed by atoms with Crippen LogP contribution in [0.25, 0.3) is 10.9 Å². The predicted molar refractivity (Wildman–Crippen MR) is 116 cm³/mol. The predicted octanol–water partition coefficient (Wildman–Crippen LogP) is 3.75. The van der Waals surface area contributed by atoms with E-state index in [0.717, 1.165) is 17.6 Å². The number of hydrogen-bond acceptors (Lipinski definition) is 5. The highest BCUT2D eigenvalue weighted by atomic mass is 32.2. The molecule has 1 aromatic heterocycles. The molecule has 1 saturated heterocycles. The van der Waals surface area contributed by atoms with Gasteiger partial charge in [0.05, 0.1) is 10.5 Å². The van der Waals surface area contributed by atoms with Gasteiger partial charge in [-0.2, -0.15) is 13.2 Å². The molecule has 0 aliphatic carbocycles. The first-order valence-electron chi connectivity index (χ1n) is 10.2. The van der Waals surface area contributed by atoms with Crippen LogP contribution >= 0.6 is 0 Å². The third kappa shape index (κ3) is 4.45. The van der Waals surface area contributed by atoms with Gasteiger partial charge in [-0.1, -0.05) is 24.3 Å². The van der Waals surface area contributed by atoms with Crippen molar-refractivity contribution in [2.75, 3.05) is 18.4 Å². The molecule has 2 heterocycles. The zero-order chi connectivity index (χ0) is 23.8. The van der Waals surface area contributed by atoms with Crippen LogP contribution in [0.3, 0.4) is 0 Å². The van der Waals surface area contributed by atoms with Gasteiger partial charge in [-0.05, 0) is 37.1 Å². The highest BCUT2D eigenvalue weighted by Crippen LogP contribution is 2.31. The number of carbonyl (C=O) groups is 2. The van der Waals surface area contributed by atoms with Crippen LogP contribution in [-0.4, -0.2) is 54.6 Å². The zero-order valence-electron chi connectivity index (χ0n) is 17.2. The van der Waals surface area contributed by atoms with Gasteiger partial charge in [-0.15, -0.1) is 0 Å². The smallest absolute Gasteiger partial charge is 0.382 e. The Kier molecular flexibility index (Phi) is 5.91. The van der Waals surface area contributed by atoms with Crippen LogP contribution < -0.4 is 5.32 Å². The number of piperidine rings is 1. The summed E-state index contributed by atoms with van der Waals surface area (Å²) >= 11 is 0. The fourth-order valence-electron chi connectivity index (χ4n) is 3.87. The third-order valence-electron chi connectivity index (χ3n) is 5.63. The van der Waals surface area contributed by atoms with Crippen LogP contribution in [0.2, 0.25) is 0 Å². The van der Waals surface area contributed by atoms with E-state index in [0.29, 0.717) is 23.8 Å². The lowest BCUT2D eigenvalue weighted by atomic mass is 10.0. The lowest BCUT2D eigenvalue weighted by molar-refractivity contribution is -0.127. The highest BCUT2D eigenvalue weighted by Gasteiger charge is 2.46. The number of carbonyl (C=O) groups excluding carboxylic acids is 2. The Hall–Kier alpha value is -3.34. The van der Waals surface area contributed by atoms with E-state index in [2.05, 4.69) is 10.3 Å². The molecule has 0 spiro atoms. The quantitative estimate of drug-likeness (QED) is 0.429. The van der Waals surface area contributed by atoms with E-state index < -0.39 is 31.9 Å². The maximum absolute atomic E-state index is 12.8. The van der Waals surface area contributed by atoms with E-state index in [-0.39, 0.29) is 24.8 Å². The molecule has 3 aromatic rings. The molecule has 0 bridgehead atoms. The van der Waals surface area contributed by atoms with Crippen molar-refractivity contribution in [1.29, 1.82) is 0 Å². The number of aromatic amines is 1. The summed E-state index contributed by atoms with van der Waals surface area (Å²) in [5, 5.41) is 3.69. The SMILES string of the molecule is O=C(C(=O)N1CCC(Nc2cccc(S(=O)(=O)C(F)(F)F)c2)CC1)c1c[nH]c2ccccc12. The number of halogens is 3. The lowest BCUT2D eigenvalue weighted by Gasteiger charge is -2.32. The van der Waals surface area contributed by atoms with Gasteiger partial charge < -0.3 is 15.2 Å². The Morgan fingerprint density at radius 1 is 1.03 bits per heavy atom. The van der Waals surface area contributed by atoms with Crippen molar-refractivity contribution < 1.29 is 31.2 Å². The standard InChI is InChI=1S/C22H20F3N3O4S/c23-22(24,25)33(31,32)16-5-3-4-15(12-16)27-14-8-10-28(11-9-14)21(30)20(29)18-13-26-19-7-2-1-6-17(18)19/h1-7,12-14,26-27H,8-11H2. The van der Waals surface area contributed by atoms with Gasteiger partial charge in [0.1, 0.15) is 0 Å². The molecular weight excluding hydrogens is 459 g/mol. The number of rotatable bonds is 5. The van der Waals surface area contributed by atoms with Crippen molar-refractivity contribution in [2.45, 2.75) is 29.3 Å². The van der Waals surface area contributed by atoms with Crippen molar-refractivity contribution in [3.8, 4) is 0 Å². The Morgan fingerprint density at radius 2 is 1.73 bits per heavy atom. The van der Waals surface area contributed by atoms with Gasteiger partial charge in [0.2, 0.25) is 0 Å². The summed E-state index contributed by atoms with van der Waals surface area (Å²) in [5.41, 5.74) is -4.08. The Bertz CT molecular complexity index is 1310. The number of benzene rings is 2. The number of aromatic nitrogens is 1. The molecule has 33 heavy (non-hydrogen) atoms. The van der Waals surface area contributed by atoms with Crippen molar-refractivity contribution in [3.63, 3.8) is 0 Å². The molecule has 0 unspecified atom stereocenters. The number of nitrogens with zero attached hydrogens (tertiary/aromatic N) is 1. The molecule has 174 valence electrons. The molecular formula is C22H20F3N3O4S. The molecule has 0 radical (unpaired) electrons. The molecule has 2 N–H and O–H groups in total. The fourth-order valence-corrected chi connectivity index (χ4v) is 4.67. The highest BCUT2D eigenvalue weighted by molar-refractivity contribution is 7.92.